The van der Waals surface area contributed by atoms with E-state index in [2.05, 4.69) is 10.3 Å². The molecule has 1 amide bonds. The smallest absolute Gasteiger partial charge is 0.444 e. The first kappa shape index (κ1) is 17.2. The zero-order valence-corrected chi connectivity index (χ0v) is 13.5. The summed E-state index contributed by atoms with van der Waals surface area (Å²) in [5.74, 6) is 0. The quantitative estimate of drug-likeness (QED) is 0.732. The Balaban J connectivity index is 2.11. The predicted octanol–water partition coefficient (Wildman–Crippen LogP) is 0.982. The molecule has 1 aromatic heterocycles. The molecule has 2 aromatic rings. The third-order valence-electron chi connectivity index (χ3n) is 3.17. The molecule has 7 heteroatoms. The van der Waals surface area contributed by atoms with Crippen molar-refractivity contribution in [2.24, 2.45) is 0 Å². The predicted molar refractivity (Wildman–Crippen MR) is 89.5 cm³/mol. The molecule has 0 unspecified atom stereocenters. The van der Waals surface area contributed by atoms with Gasteiger partial charge in [0.05, 0.1) is 5.52 Å². The fourth-order valence-corrected chi connectivity index (χ4v) is 2.25. The topological polar surface area (TPSA) is 91.7 Å². The number of nitrogens with one attached hydrogen (secondary N) is 1. The van der Waals surface area contributed by atoms with E-state index in [4.69, 9.17) is 4.74 Å². The molecular formula is C16H21BN2O4. The molecule has 0 atom stereocenters. The number of benzene rings is 1. The summed E-state index contributed by atoms with van der Waals surface area (Å²) in [5, 5.41) is 22.3. The minimum Gasteiger partial charge on any atom is -0.444 e. The maximum absolute atomic E-state index is 11.7. The van der Waals surface area contributed by atoms with E-state index in [1.165, 1.54) is 0 Å². The number of carbonyl (C=O) groups excluding carboxylic acids is 1. The number of ether oxygens (including phenoxy) is 1. The standard InChI is InChI=1S/C16H21BN2O4/c1-16(2,3)23-15(20)19-8-6-12-10-13(17(21)22)9-11-5-4-7-18-14(11)12/h4-5,7,9-10,21-22H,6,8H2,1-3H3,(H,19,20). The first-order valence-corrected chi connectivity index (χ1v) is 7.47. The van der Waals surface area contributed by atoms with E-state index in [1.807, 2.05) is 6.07 Å². The van der Waals surface area contributed by atoms with Crippen LogP contribution in [0, 0.1) is 0 Å². The number of nitrogens with zero attached hydrogens (tertiary/aromatic N) is 1. The summed E-state index contributed by atoms with van der Waals surface area (Å²) < 4.78 is 5.18. The van der Waals surface area contributed by atoms with Crippen molar-refractivity contribution in [3.8, 4) is 0 Å². The molecule has 0 spiro atoms. The van der Waals surface area contributed by atoms with Crippen molar-refractivity contribution in [3.63, 3.8) is 0 Å². The van der Waals surface area contributed by atoms with Crippen molar-refractivity contribution < 1.29 is 19.6 Å². The van der Waals surface area contributed by atoms with E-state index in [9.17, 15) is 14.8 Å². The van der Waals surface area contributed by atoms with Gasteiger partial charge in [-0.25, -0.2) is 4.79 Å². The molecule has 0 aliphatic carbocycles. The number of alkyl carbamates (subject to hydrolysis) is 1. The normalized spacial score (nSPS) is 11.3. The molecule has 0 bridgehead atoms. The summed E-state index contributed by atoms with van der Waals surface area (Å²) in [6.45, 7) is 5.77. The van der Waals surface area contributed by atoms with Crippen molar-refractivity contribution in [2.45, 2.75) is 32.8 Å². The molecule has 0 radical (unpaired) electrons. The zero-order valence-electron chi connectivity index (χ0n) is 13.5. The number of pyridine rings is 1. The van der Waals surface area contributed by atoms with E-state index >= 15 is 0 Å². The summed E-state index contributed by atoms with van der Waals surface area (Å²) in [5.41, 5.74) is 1.47. The van der Waals surface area contributed by atoms with E-state index in [0.29, 0.717) is 18.4 Å². The molecule has 23 heavy (non-hydrogen) atoms. The molecule has 3 N–H and O–H groups in total. The highest BCUT2D eigenvalue weighted by Crippen LogP contribution is 2.15. The van der Waals surface area contributed by atoms with E-state index in [0.717, 1.165) is 16.5 Å². The van der Waals surface area contributed by atoms with Crippen LogP contribution in [0.2, 0.25) is 0 Å². The lowest BCUT2D eigenvalue weighted by molar-refractivity contribution is 0.0528. The van der Waals surface area contributed by atoms with Crippen molar-refractivity contribution in [2.75, 3.05) is 6.54 Å². The highest BCUT2D eigenvalue weighted by atomic mass is 16.6. The van der Waals surface area contributed by atoms with Crippen molar-refractivity contribution in [3.05, 3.63) is 36.0 Å². The van der Waals surface area contributed by atoms with E-state index in [1.54, 1.807) is 45.2 Å². The summed E-state index contributed by atoms with van der Waals surface area (Å²) in [7, 11) is -1.54. The number of hydrogen-bond donors (Lipinski definition) is 3. The van der Waals surface area contributed by atoms with E-state index in [-0.39, 0.29) is 0 Å². The summed E-state index contributed by atoms with van der Waals surface area (Å²) in [6, 6.07) is 7.03. The highest BCUT2D eigenvalue weighted by molar-refractivity contribution is 6.59. The maximum Gasteiger partial charge on any atom is 0.488 e. The van der Waals surface area contributed by atoms with Crippen LogP contribution in [0.5, 0.6) is 0 Å². The fraction of sp³-hybridized carbons (Fsp3) is 0.375. The van der Waals surface area contributed by atoms with Crippen LogP contribution in [-0.4, -0.2) is 40.4 Å². The van der Waals surface area contributed by atoms with Crippen LogP contribution in [0.4, 0.5) is 4.79 Å². The molecule has 0 fully saturated rings. The summed E-state index contributed by atoms with van der Waals surface area (Å²) in [6.07, 6.45) is 1.71. The lowest BCUT2D eigenvalue weighted by Gasteiger charge is -2.19. The van der Waals surface area contributed by atoms with Gasteiger partial charge in [-0.1, -0.05) is 18.2 Å². The Morgan fingerprint density at radius 2 is 2.09 bits per heavy atom. The van der Waals surface area contributed by atoms with Crippen LogP contribution in [0.15, 0.2) is 30.5 Å². The Morgan fingerprint density at radius 1 is 1.35 bits per heavy atom. The molecule has 0 saturated carbocycles. The Bertz CT molecular complexity index is 698. The molecular weight excluding hydrogens is 295 g/mol. The van der Waals surface area contributed by atoms with Gasteiger partial charge < -0.3 is 20.1 Å². The molecule has 6 nitrogen and oxygen atoms in total. The number of fused-ring (bicyclic) bond motifs is 1. The third-order valence-corrected chi connectivity index (χ3v) is 3.17. The number of carbonyl (C=O) groups is 1. The highest BCUT2D eigenvalue weighted by Gasteiger charge is 2.17. The van der Waals surface area contributed by atoms with Crippen LogP contribution < -0.4 is 10.8 Å². The molecule has 2 rings (SSSR count). The second kappa shape index (κ2) is 6.98. The second-order valence-corrected chi connectivity index (χ2v) is 6.31. The molecule has 0 aliphatic rings. The van der Waals surface area contributed by atoms with Crippen LogP contribution >= 0.6 is 0 Å². The molecule has 1 heterocycles. The van der Waals surface area contributed by atoms with Gasteiger partial charge in [0, 0.05) is 18.1 Å². The van der Waals surface area contributed by atoms with Crippen LogP contribution in [0.3, 0.4) is 0 Å². The van der Waals surface area contributed by atoms with Gasteiger partial charge in [-0.3, -0.25) is 4.98 Å². The van der Waals surface area contributed by atoms with Gasteiger partial charge in [0.2, 0.25) is 0 Å². The average Bonchev–Trinajstić information content (AvgIpc) is 2.45. The van der Waals surface area contributed by atoms with Gasteiger partial charge in [-0.15, -0.1) is 0 Å². The van der Waals surface area contributed by atoms with Crippen molar-refractivity contribution in [1.82, 2.24) is 10.3 Å². The zero-order chi connectivity index (χ0) is 17.0. The van der Waals surface area contributed by atoms with Crippen LogP contribution in [0.25, 0.3) is 10.9 Å². The van der Waals surface area contributed by atoms with Gasteiger partial charge in [0.1, 0.15) is 5.60 Å². The van der Waals surface area contributed by atoms with Gasteiger partial charge in [-0.2, -0.15) is 0 Å². The van der Waals surface area contributed by atoms with Gasteiger partial charge in [0.25, 0.3) is 0 Å². The van der Waals surface area contributed by atoms with Crippen molar-refractivity contribution >= 4 is 29.6 Å². The Kier molecular flexibility index (Phi) is 5.23. The average molecular weight is 316 g/mol. The SMILES string of the molecule is CC(C)(C)OC(=O)NCCc1cc(B(O)O)cc2cccnc12. The van der Waals surface area contributed by atoms with Gasteiger partial charge in [-0.05, 0) is 44.3 Å². The Hall–Kier alpha value is -2.12. The fourth-order valence-electron chi connectivity index (χ4n) is 2.25. The monoisotopic (exact) mass is 316 g/mol. The number of rotatable bonds is 4. The van der Waals surface area contributed by atoms with Gasteiger partial charge >= 0.3 is 13.2 Å². The third kappa shape index (κ3) is 4.94. The summed E-state index contributed by atoms with van der Waals surface area (Å²) in [4.78, 5) is 16.0. The van der Waals surface area contributed by atoms with Gasteiger partial charge in [0.15, 0.2) is 0 Å². The lowest BCUT2D eigenvalue weighted by atomic mass is 9.78. The first-order chi connectivity index (χ1) is 10.8. The first-order valence-electron chi connectivity index (χ1n) is 7.47. The van der Waals surface area contributed by atoms with E-state index < -0.39 is 18.8 Å². The lowest BCUT2D eigenvalue weighted by Crippen LogP contribution is -2.34. The number of amides is 1. The second-order valence-electron chi connectivity index (χ2n) is 6.31. The largest absolute Gasteiger partial charge is 0.488 e. The van der Waals surface area contributed by atoms with Crippen molar-refractivity contribution in [1.29, 1.82) is 0 Å². The maximum atomic E-state index is 11.7. The van der Waals surface area contributed by atoms with Crippen LogP contribution in [-0.2, 0) is 11.2 Å². The molecule has 0 aliphatic heterocycles. The number of aromatic nitrogens is 1. The minimum absolute atomic E-state index is 0.367. The molecule has 122 valence electrons. The molecule has 1 aromatic carbocycles. The summed E-state index contributed by atoms with van der Waals surface area (Å²) >= 11 is 0. The Morgan fingerprint density at radius 3 is 2.74 bits per heavy atom. The minimum atomic E-state index is -1.54. The molecule has 0 saturated heterocycles. The van der Waals surface area contributed by atoms with Crippen LogP contribution in [0.1, 0.15) is 26.3 Å². The Labute approximate surface area is 135 Å². The number of hydrogen-bond acceptors (Lipinski definition) is 5.